The van der Waals surface area contributed by atoms with Gasteiger partial charge < -0.3 is 25.4 Å². The van der Waals surface area contributed by atoms with Crippen molar-refractivity contribution in [2.45, 2.75) is 103 Å². The molecule has 3 aromatic carbocycles. The summed E-state index contributed by atoms with van der Waals surface area (Å²) in [5.74, 6) is -0.0827. The molecular weight excluding hydrogens is 917 g/mol. The monoisotopic (exact) mass is 972 g/mol. The number of thiophene rings is 1. The first-order valence-electron chi connectivity index (χ1n) is 22.5. The molecule has 14 nitrogen and oxygen atoms in total. The number of hydrogen-bond donors (Lipinski definition) is 3. The Morgan fingerprint density at radius 3 is 2.18 bits per heavy atom. The molecule has 3 N–H and O–H groups in total. The third kappa shape index (κ3) is 10.1. The van der Waals surface area contributed by atoms with Crippen LogP contribution in [0.1, 0.15) is 97.1 Å². The largest absolute Gasteiger partial charge is 0.469 e. The highest BCUT2D eigenvalue weighted by Gasteiger charge is 2.45. The number of aromatic nitrogens is 4. The van der Waals surface area contributed by atoms with Crippen LogP contribution in [0.5, 0.6) is 0 Å². The number of β-amino-alcohol motifs (C(OH)–C–C–N with tert-alkyl or cyclic N) is 1. The van der Waals surface area contributed by atoms with Crippen LogP contribution >= 0.6 is 34.4 Å². The molecule has 3 aromatic heterocycles. The lowest BCUT2D eigenvalue weighted by molar-refractivity contribution is -0.143. The summed E-state index contributed by atoms with van der Waals surface area (Å²) in [5.41, 5.74) is 9.82. The van der Waals surface area contributed by atoms with E-state index in [9.17, 15) is 24.3 Å². The van der Waals surface area contributed by atoms with Crippen LogP contribution < -0.4 is 10.6 Å². The van der Waals surface area contributed by atoms with Gasteiger partial charge in [-0.25, -0.2) is 4.98 Å². The van der Waals surface area contributed by atoms with E-state index >= 15 is 0 Å². The second-order valence-corrected chi connectivity index (χ2v) is 21.6. The summed E-state index contributed by atoms with van der Waals surface area (Å²) in [4.78, 5) is 68.2. The van der Waals surface area contributed by atoms with Crippen LogP contribution in [0.4, 0.5) is 0 Å². The SMILES string of the molecule is COC(=O)C[C@@H]1N=C(c2ccc(-c3ccc(SCC(=O)NC(C(=O)N4C[C@H](O)C[C@H]4C(=O)NC(C)c4ccc(-c5scnc5C)cc4)C(C)(C)C)cc3)cc2)c2c(sc(C)c2C)-n2c(C)nnc21. The zero-order chi connectivity index (χ0) is 48.6. The maximum Gasteiger partial charge on any atom is 0.308 e. The molecule has 0 radical (unpaired) electrons. The van der Waals surface area contributed by atoms with Gasteiger partial charge in [-0.2, -0.15) is 0 Å². The number of fused-ring (bicyclic) bond motifs is 3. The van der Waals surface area contributed by atoms with E-state index < -0.39 is 35.6 Å². The fourth-order valence-electron chi connectivity index (χ4n) is 8.70. The van der Waals surface area contributed by atoms with Crippen molar-refractivity contribution >= 4 is 63.8 Å². The first-order valence-corrected chi connectivity index (χ1v) is 25.2. The number of benzene rings is 3. The zero-order valence-electron chi connectivity index (χ0n) is 39.6. The topological polar surface area (TPSA) is 181 Å². The lowest BCUT2D eigenvalue weighted by Gasteiger charge is -2.35. The lowest BCUT2D eigenvalue weighted by atomic mass is 9.85. The number of carbonyl (C=O) groups is 4. The molecule has 5 heterocycles. The number of carbonyl (C=O) groups excluding carboxylic acids is 4. The van der Waals surface area contributed by atoms with E-state index in [1.165, 1.54) is 23.8 Å². The molecule has 2 unspecified atom stereocenters. The minimum Gasteiger partial charge on any atom is -0.469 e. The van der Waals surface area contributed by atoms with Gasteiger partial charge in [-0.05, 0) is 80.0 Å². The normalized spacial score (nSPS) is 17.6. The van der Waals surface area contributed by atoms with Gasteiger partial charge in [-0.15, -0.1) is 44.6 Å². The van der Waals surface area contributed by atoms with Crippen molar-refractivity contribution in [1.29, 1.82) is 0 Å². The summed E-state index contributed by atoms with van der Waals surface area (Å²) >= 11 is 4.59. The van der Waals surface area contributed by atoms with E-state index in [4.69, 9.17) is 9.73 Å². The molecule has 6 aromatic rings. The average Bonchev–Trinajstić information content (AvgIpc) is 4.09. The number of methoxy groups -OCH3 is 1. The highest BCUT2D eigenvalue weighted by atomic mass is 32.2. The summed E-state index contributed by atoms with van der Waals surface area (Å²) in [6.45, 7) is 15.6. The lowest BCUT2D eigenvalue weighted by Crippen LogP contribution is -2.58. The van der Waals surface area contributed by atoms with Gasteiger partial charge in [0.1, 0.15) is 29.0 Å². The quantitative estimate of drug-likeness (QED) is 0.0753. The van der Waals surface area contributed by atoms with Gasteiger partial charge in [0.2, 0.25) is 17.7 Å². The summed E-state index contributed by atoms with van der Waals surface area (Å²) in [6.07, 6.45) is -0.746. The van der Waals surface area contributed by atoms with Crippen molar-refractivity contribution in [3.05, 3.63) is 123 Å². The molecule has 8 rings (SSSR count). The number of likely N-dealkylation sites (tertiary alicyclic amines) is 1. The standard InChI is InChI=1S/C51H56N8O6S3/c1-27-30(4)68-50-43(27)44(54-39(23-42(62)65-9)47-57-56-31(5)59(47)50)35-14-12-33(13-15-35)34-18-20-38(21-19-34)66-25-41(61)55-46(51(6,7)8)49(64)58-24-37(60)22-40(58)48(63)53-28(2)32-10-16-36(17-11-32)45-29(3)52-26-67-45/h10-21,26,28,37,39-40,46,60H,22-25H2,1-9H3,(H,53,63)(H,55,61)/t28?,37-,39+,40+,46?/m1/s1. The third-order valence-corrected chi connectivity index (χ3v) is 15.8. The van der Waals surface area contributed by atoms with Gasteiger partial charge in [0.05, 0.1) is 53.2 Å². The third-order valence-electron chi connectivity index (χ3n) is 12.6. The second kappa shape index (κ2) is 19.9. The molecule has 0 aliphatic carbocycles. The van der Waals surface area contributed by atoms with Gasteiger partial charge >= 0.3 is 5.97 Å². The number of nitrogens with zero attached hydrogens (tertiary/aromatic N) is 6. The Morgan fingerprint density at radius 2 is 1.54 bits per heavy atom. The molecule has 3 amide bonds. The molecule has 0 saturated carbocycles. The number of ether oxygens (including phenoxy) is 1. The Morgan fingerprint density at radius 1 is 0.897 bits per heavy atom. The Bertz CT molecular complexity index is 2880. The van der Waals surface area contributed by atoms with E-state index in [1.54, 1.807) is 22.7 Å². The molecule has 5 atom stereocenters. The van der Waals surface area contributed by atoms with E-state index in [2.05, 4.69) is 51.8 Å². The summed E-state index contributed by atoms with van der Waals surface area (Å²) < 4.78 is 7.05. The van der Waals surface area contributed by atoms with Crippen molar-refractivity contribution in [3.8, 4) is 26.6 Å². The minimum absolute atomic E-state index is 0.00797. The predicted molar refractivity (Wildman–Crippen MR) is 267 cm³/mol. The molecule has 1 saturated heterocycles. The number of thioether (sulfide) groups is 1. The van der Waals surface area contributed by atoms with E-state index in [0.29, 0.717) is 5.82 Å². The van der Waals surface area contributed by atoms with Crippen LogP contribution in [0.2, 0.25) is 0 Å². The Balaban J connectivity index is 0.905. The molecule has 2 aliphatic rings. The second-order valence-electron chi connectivity index (χ2n) is 18.5. The number of thiazole rings is 1. The van der Waals surface area contributed by atoms with Crippen molar-refractivity contribution in [2.24, 2.45) is 10.4 Å². The van der Waals surface area contributed by atoms with Gasteiger partial charge in [-0.3, -0.25) is 28.7 Å². The van der Waals surface area contributed by atoms with Crippen LogP contribution in [0.15, 0.2) is 88.2 Å². The fourth-order valence-corrected chi connectivity index (χ4v) is 11.4. The number of rotatable bonds is 13. The van der Waals surface area contributed by atoms with Crippen molar-refractivity contribution < 1.29 is 29.0 Å². The van der Waals surface area contributed by atoms with Crippen LogP contribution in [-0.4, -0.2) is 96.8 Å². The Labute approximate surface area is 408 Å². The van der Waals surface area contributed by atoms with E-state index in [-0.39, 0.29) is 49.0 Å². The number of aryl methyl sites for hydroxylation is 3. The van der Waals surface area contributed by atoms with E-state index in [0.717, 1.165) is 75.8 Å². The number of aliphatic hydroxyl groups excluding tert-OH is 1. The molecule has 68 heavy (non-hydrogen) atoms. The number of amides is 3. The molecule has 0 bridgehead atoms. The number of aliphatic hydroxyl groups is 1. The van der Waals surface area contributed by atoms with E-state index in [1.807, 2.05) is 112 Å². The van der Waals surface area contributed by atoms with Crippen LogP contribution in [0.25, 0.3) is 26.6 Å². The number of hydrogen-bond acceptors (Lipinski definition) is 13. The maximum atomic E-state index is 14.3. The van der Waals surface area contributed by atoms with Crippen molar-refractivity contribution in [3.63, 3.8) is 0 Å². The highest BCUT2D eigenvalue weighted by Crippen LogP contribution is 2.40. The van der Waals surface area contributed by atoms with Crippen LogP contribution in [0.3, 0.4) is 0 Å². The molecular formula is C51H56N8O6S3. The molecule has 1 fully saturated rings. The average molecular weight is 973 g/mol. The maximum absolute atomic E-state index is 14.3. The first kappa shape index (κ1) is 48.4. The molecule has 0 spiro atoms. The van der Waals surface area contributed by atoms with Gasteiger partial charge in [0, 0.05) is 33.9 Å². The summed E-state index contributed by atoms with van der Waals surface area (Å²) in [5, 5.41) is 26.5. The Hall–Kier alpha value is -6.01. The minimum atomic E-state index is -0.937. The van der Waals surface area contributed by atoms with Crippen molar-refractivity contribution in [1.82, 2.24) is 35.3 Å². The number of aliphatic imine (C=N–C) groups is 1. The predicted octanol–water partition coefficient (Wildman–Crippen LogP) is 8.27. The highest BCUT2D eigenvalue weighted by molar-refractivity contribution is 8.00. The summed E-state index contributed by atoms with van der Waals surface area (Å²) in [7, 11) is 1.37. The molecule has 2 aliphatic heterocycles. The first-order chi connectivity index (χ1) is 32.4. The van der Waals surface area contributed by atoms with Gasteiger partial charge in [0.15, 0.2) is 5.82 Å². The number of esters is 1. The van der Waals surface area contributed by atoms with Gasteiger partial charge in [-0.1, -0.05) is 81.4 Å². The zero-order valence-corrected chi connectivity index (χ0v) is 42.1. The van der Waals surface area contributed by atoms with Gasteiger partial charge in [0.25, 0.3) is 0 Å². The smallest absolute Gasteiger partial charge is 0.308 e. The summed E-state index contributed by atoms with van der Waals surface area (Å²) in [6, 6.07) is 21.3. The van der Waals surface area contributed by atoms with Crippen LogP contribution in [-0.2, 0) is 23.9 Å². The Kier molecular flexibility index (Phi) is 14.2. The number of nitrogens with one attached hydrogen (secondary N) is 2. The fraction of sp³-hybridized carbons (Fsp3) is 0.373. The molecule has 354 valence electrons. The van der Waals surface area contributed by atoms with Crippen molar-refractivity contribution in [2.75, 3.05) is 19.4 Å². The molecule has 17 heteroatoms. The van der Waals surface area contributed by atoms with Crippen LogP contribution in [0, 0.1) is 33.1 Å².